The average molecular weight is 467 g/mol. The van der Waals surface area contributed by atoms with E-state index in [0.29, 0.717) is 34.0 Å². The van der Waals surface area contributed by atoms with Gasteiger partial charge in [0.2, 0.25) is 0 Å². The van der Waals surface area contributed by atoms with E-state index in [1.165, 1.54) is 11.1 Å². The third-order valence-corrected chi connectivity index (χ3v) is 6.52. The minimum atomic E-state index is -0.0438. The molecule has 0 fully saturated rings. The molecule has 1 aliphatic carbocycles. The summed E-state index contributed by atoms with van der Waals surface area (Å²) in [6, 6.07) is 11.9. The van der Waals surface area contributed by atoms with Crippen molar-refractivity contribution >= 4 is 23.4 Å². The average Bonchev–Trinajstić information content (AvgIpc) is 2.84. The molecule has 174 valence electrons. The molecule has 0 spiro atoms. The number of ether oxygens (including phenoxy) is 4. The van der Waals surface area contributed by atoms with Crippen molar-refractivity contribution in [3.8, 4) is 23.0 Å². The highest BCUT2D eigenvalue weighted by atomic mass is 32.1. The minimum Gasteiger partial charge on any atom is -0.493 e. The van der Waals surface area contributed by atoms with Crippen LogP contribution in [0.1, 0.15) is 36.9 Å². The molecule has 0 radical (unpaired) electrons. The Morgan fingerprint density at radius 2 is 1.52 bits per heavy atom. The Labute approximate surface area is 200 Å². The van der Waals surface area contributed by atoms with E-state index in [9.17, 15) is 0 Å². The Bertz CT molecular complexity index is 1130. The van der Waals surface area contributed by atoms with Crippen LogP contribution in [-0.2, 0) is 0 Å². The summed E-state index contributed by atoms with van der Waals surface area (Å²) in [5.74, 6) is 3.23. The van der Waals surface area contributed by atoms with Crippen LogP contribution < -0.4 is 29.6 Å². The molecule has 1 heterocycles. The van der Waals surface area contributed by atoms with Crippen molar-refractivity contribution in [2.75, 3.05) is 28.4 Å². The molecule has 0 aromatic heterocycles. The highest BCUT2D eigenvalue weighted by molar-refractivity contribution is 7.80. The fourth-order valence-electron chi connectivity index (χ4n) is 4.61. The molecule has 0 amide bonds. The number of rotatable bonds is 6. The fraction of sp³-hybridized carbons (Fsp3) is 0.346. The molecule has 2 aromatic carbocycles. The third-order valence-electron chi connectivity index (χ3n) is 6.30. The number of hydrogen-bond donors (Lipinski definition) is 2. The molecule has 0 saturated carbocycles. The number of benzene rings is 2. The second kappa shape index (κ2) is 9.75. The van der Waals surface area contributed by atoms with E-state index in [1.807, 2.05) is 30.3 Å². The Balaban J connectivity index is 1.79. The molecule has 1 aliphatic heterocycles. The zero-order chi connectivity index (χ0) is 23.5. The second-order valence-electron chi connectivity index (χ2n) is 8.20. The summed E-state index contributed by atoms with van der Waals surface area (Å²) < 4.78 is 21.8. The van der Waals surface area contributed by atoms with Crippen LogP contribution in [0.4, 0.5) is 0 Å². The molecular formula is C26H30N2O4S. The summed E-state index contributed by atoms with van der Waals surface area (Å²) in [7, 11) is 6.59. The van der Waals surface area contributed by atoms with Crippen LogP contribution >= 0.6 is 12.2 Å². The maximum atomic E-state index is 5.61. The van der Waals surface area contributed by atoms with E-state index in [2.05, 4.69) is 29.7 Å². The molecule has 7 heteroatoms. The summed E-state index contributed by atoms with van der Waals surface area (Å²) in [5, 5.41) is 7.52. The number of methoxy groups -OCH3 is 4. The van der Waals surface area contributed by atoms with Crippen LogP contribution in [-0.4, -0.2) is 33.6 Å². The van der Waals surface area contributed by atoms with Crippen molar-refractivity contribution in [1.82, 2.24) is 10.6 Å². The maximum Gasteiger partial charge on any atom is 0.171 e. The summed E-state index contributed by atoms with van der Waals surface area (Å²) in [6.45, 7) is 2.27. The van der Waals surface area contributed by atoms with Crippen LogP contribution in [0.15, 0.2) is 53.2 Å². The zero-order valence-corrected chi connectivity index (χ0v) is 20.5. The van der Waals surface area contributed by atoms with Gasteiger partial charge < -0.3 is 29.6 Å². The van der Waals surface area contributed by atoms with Crippen LogP contribution in [0.5, 0.6) is 23.0 Å². The molecule has 2 aliphatic rings. The van der Waals surface area contributed by atoms with Gasteiger partial charge in [0.1, 0.15) is 0 Å². The van der Waals surface area contributed by atoms with Crippen molar-refractivity contribution in [3.05, 3.63) is 64.4 Å². The van der Waals surface area contributed by atoms with Gasteiger partial charge in [-0.1, -0.05) is 19.1 Å². The highest BCUT2D eigenvalue weighted by Crippen LogP contribution is 2.43. The Morgan fingerprint density at radius 1 is 0.879 bits per heavy atom. The van der Waals surface area contributed by atoms with Gasteiger partial charge in [0.25, 0.3) is 0 Å². The molecule has 6 nitrogen and oxygen atoms in total. The smallest absolute Gasteiger partial charge is 0.171 e. The maximum absolute atomic E-state index is 5.61. The molecule has 2 aromatic rings. The molecule has 2 N–H and O–H groups in total. The second-order valence-corrected chi connectivity index (χ2v) is 8.61. The molecule has 33 heavy (non-hydrogen) atoms. The SMILES string of the molecule is COc1ccc(/C=C2/CC[C@H](C)C3=C2NC(=S)N[C@H]3c2ccc(OC)c(OC)c2)cc1OC. The Kier molecular flexibility index (Phi) is 6.79. The van der Waals surface area contributed by atoms with Gasteiger partial charge in [-0.2, -0.15) is 0 Å². The van der Waals surface area contributed by atoms with E-state index >= 15 is 0 Å². The van der Waals surface area contributed by atoms with Crippen molar-refractivity contribution < 1.29 is 18.9 Å². The largest absolute Gasteiger partial charge is 0.493 e. The Morgan fingerprint density at radius 3 is 2.18 bits per heavy atom. The number of allylic oxidation sites excluding steroid dienone is 1. The first-order valence-electron chi connectivity index (χ1n) is 11.0. The lowest BCUT2D eigenvalue weighted by molar-refractivity contribution is 0.354. The van der Waals surface area contributed by atoms with Crippen LogP contribution in [0, 0.1) is 5.92 Å². The van der Waals surface area contributed by atoms with Crippen molar-refractivity contribution in [2.24, 2.45) is 5.92 Å². The molecule has 0 unspecified atom stereocenters. The molecule has 2 atom stereocenters. The van der Waals surface area contributed by atoms with E-state index in [1.54, 1.807) is 28.4 Å². The normalized spacial score (nSPS) is 21.1. The summed E-state index contributed by atoms with van der Waals surface area (Å²) in [5.41, 5.74) is 5.77. The summed E-state index contributed by atoms with van der Waals surface area (Å²) >= 11 is 5.61. The van der Waals surface area contributed by atoms with E-state index < -0.39 is 0 Å². The zero-order valence-electron chi connectivity index (χ0n) is 19.7. The van der Waals surface area contributed by atoms with E-state index in [-0.39, 0.29) is 6.04 Å². The number of thiocarbonyl (C=S) groups is 1. The van der Waals surface area contributed by atoms with Crippen LogP contribution in [0.25, 0.3) is 6.08 Å². The standard InChI is InChI=1S/C26H30N2O4S/c1-15-6-8-17(12-16-7-10-19(29-2)21(13-16)31-4)24-23(15)25(28-26(33)27-24)18-9-11-20(30-3)22(14-18)32-5/h7,9-15,25H,6,8H2,1-5H3,(H2,27,28,33)/b17-12-/t15-,25-/m0/s1. The third kappa shape index (κ3) is 4.50. The lowest BCUT2D eigenvalue weighted by atomic mass is 9.77. The van der Waals surface area contributed by atoms with Crippen molar-refractivity contribution in [2.45, 2.75) is 25.8 Å². The van der Waals surface area contributed by atoms with Crippen LogP contribution in [0.3, 0.4) is 0 Å². The lowest BCUT2D eigenvalue weighted by Crippen LogP contribution is -2.46. The number of nitrogens with one attached hydrogen (secondary N) is 2. The van der Waals surface area contributed by atoms with Gasteiger partial charge in [0.05, 0.1) is 34.5 Å². The highest BCUT2D eigenvalue weighted by Gasteiger charge is 2.34. The molecular weight excluding hydrogens is 436 g/mol. The van der Waals surface area contributed by atoms with Gasteiger partial charge in [-0.25, -0.2) is 0 Å². The monoisotopic (exact) mass is 466 g/mol. The minimum absolute atomic E-state index is 0.0438. The van der Waals surface area contributed by atoms with E-state index in [4.69, 9.17) is 31.2 Å². The quantitative estimate of drug-likeness (QED) is 0.581. The Hall–Kier alpha value is -3.19. The van der Waals surface area contributed by atoms with Crippen molar-refractivity contribution in [1.29, 1.82) is 0 Å². The van der Waals surface area contributed by atoms with Gasteiger partial charge in [0, 0.05) is 5.70 Å². The van der Waals surface area contributed by atoms with E-state index in [0.717, 1.165) is 29.7 Å². The lowest BCUT2D eigenvalue weighted by Gasteiger charge is -2.39. The van der Waals surface area contributed by atoms with Crippen LogP contribution in [0.2, 0.25) is 0 Å². The molecule has 4 rings (SSSR count). The molecule has 0 bridgehead atoms. The first kappa shape index (κ1) is 23.0. The fourth-order valence-corrected chi connectivity index (χ4v) is 4.83. The first-order chi connectivity index (χ1) is 16.0. The van der Waals surface area contributed by atoms with Gasteiger partial charge in [-0.05, 0) is 83.6 Å². The summed E-state index contributed by atoms with van der Waals surface area (Å²) in [4.78, 5) is 0. The van der Waals surface area contributed by atoms with Gasteiger partial charge >= 0.3 is 0 Å². The first-order valence-corrected chi connectivity index (χ1v) is 11.4. The topological polar surface area (TPSA) is 61.0 Å². The molecule has 0 saturated heterocycles. The van der Waals surface area contributed by atoms with Gasteiger partial charge in [0.15, 0.2) is 28.1 Å². The summed E-state index contributed by atoms with van der Waals surface area (Å²) in [6.07, 6.45) is 4.22. The van der Waals surface area contributed by atoms with Gasteiger partial charge in [-0.15, -0.1) is 0 Å². The predicted molar refractivity (Wildman–Crippen MR) is 134 cm³/mol. The van der Waals surface area contributed by atoms with Gasteiger partial charge in [-0.3, -0.25) is 0 Å². The predicted octanol–water partition coefficient (Wildman–Crippen LogP) is 5.01. The number of hydrogen-bond acceptors (Lipinski definition) is 5. The van der Waals surface area contributed by atoms with Crippen molar-refractivity contribution in [3.63, 3.8) is 0 Å².